The van der Waals surface area contributed by atoms with Crippen molar-refractivity contribution < 1.29 is 0 Å². The lowest BCUT2D eigenvalue weighted by Gasteiger charge is -2.38. The lowest BCUT2D eigenvalue weighted by molar-refractivity contribution is 0.363. The molecule has 0 spiro atoms. The topological polar surface area (TPSA) is 63.3 Å². The molecule has 0 aromatic carbocycles. The van der Waals surface area contributed by atoms with Gasteiger partial charge in [-0.25, -0.2) is 4.98 Å². The van der Waals surface area contributed by atoms with E-state index in [9.17, 15) is 0 Å². The molecule has 0 radical (unpaired) electrons. The maximum absolute atomic E-state index is 5.74. The molecule has 0 amide bonds. The molecule has 0 aliphatic carbocycles. The van der Waals surface area contributed by atoms with Gasteiger partial charge >= 0.3 is 0 Å². The average molecular weight is 208 g/mol. The highest BCUT2D eigenvalue weighted by molar-refractivity contribution is 7.15. The molecule has 2 atom stereocenters. The third-order valence-electron chi connectivity index (χ3n) is 2.80. The SMILES string of the molecule is CC12C=NCC(Cc3nc(N)sc31)N2. The number of aromatic nitrogens is 1. The van der Waals surface area contributed by atoms with Crippen LogP contribution in [0.3, 0.4) is 0 Å². The molecule has 4 nitrogen and oxygen atoms in total. The third kappa shape index (κ3) is 1.02. The Morgan fingerprint density at radius 3 is 3.43 bits per heavy atom. The Hall–Kier alpha value is -0.940. The van der Waals surface area contributed by atoms with Crippen molar-refractivity contribution >= 4 is 22.7 Å². The molecule has 0 saturated carbocycles. The number of aliphatic imine (C=N–C) groups is 1. The van der Waals surface area contributed by atoms with E-state index in [2.05, 4.69) is 22.2 Å². The zero-order chi connectivity index (χ0) is 9.76. The zero-order valence-corrected chi connectivity index (χ0v) is 8.77. The predicted octanol–water partition coefficient (Wildman–Crippen LogP) is 0.539. The van der Waals surface area contributed by atoms with E-state index in [1.54, 1.807) is 11.3 Å². The summed E-state index contributed by atoms with van der Waals surface area (Å²) in [5.41, 5.74) is 6.76. The van der Waals surface area contributed by atoms with Crippen molar-refractivity contribution in [2.75, 3.05) is 12.3 Å². The van der Waals surface area contributed by atoms with Crippen molar-refractivity contribution in [3.63, 3.8) is 0 Å². The normalized spacial score (nSPS) is 34.2. The van der Waals surface area contributed by atoms with Crippen LogP contribution in [0, 0.1) is 0 Å². The van der Waals surface area contributed by atoms with Crippen LogP contribution >= 0.6 is 11.3 Å². The summed E-state index contributed by atoms with van der Waals surface area (Å²) >= 11 is 1.57. The summed E-state index contributed by atoms with van der Waals surface area (Å²) in [5, 5.41) is 4.23. The largest absolute Gasteiger partial charge is 0.375 e. The molecule has 74 valence electrons. The average Bonchev–Trinajstić information content (AvgIpc) is 2.46. The summed E-state index contributed by atoms with van der Waals surface area (Å²) < 4.78 is 0. The molecule has 1 aromatic rings. The van der Waals surface area contributed by atoms with Crippen LogP contribution in [0.4, 0.5) is 5.13 Å². The Balaban J connectivity index is 2.19. The van der Waals surface area contributed by atoms with Gasteiger partial charge in [0, 0.05) is 18.7 Å². The summed E-state index contributed by atoms with van der Waals surface area (Å²) in [6.07, 6.45) is 2.94. The summed E-state index contributed by atoms with van der Waals surface area (Å²) in [6, 6.07) is 0.430. The van der Waals surface area contributed by atoms with Crippen LogP contribution in [0.1, 0.15) is 17.5 Å². The number of fused-ring (bicyclic) bond motifs is 4. The van der Waals surface area contributed by atoms with Gasteiger partial charge in [-0.05, 0) is 6.92 Å². The second-order valence-electron chi connectivity index (χ2n) is 4.07. The van der Waals surface area contributed by atoms with Gasteiger partial charge in [0.25, 0.3) is 0 Å². The van der Waals surface area contributed by atoms with Gasteiger partial charge in [0.05, 0.1) is 22.7 Å². The Morgan fingerprint density at radius 1 is 1.71 bits per heavy atom. The first-order valence-corrected chi connectivity index (χ1v) is 5.53. The van der Waals surface area contributed by atoms with Crippen LogP contribution in [0.2, 0.25) is 0 Å². The summed E-state index contributed by atoms with van der Waals surface area (Å²) in [6.45, 7) is 2.99. The zero-order valence-electron chi connectivity index (χ0n) is 7.95. The fraction of sp³-hybridized carbons (Fsp3) is 0.556. The molecule has 2 aliphatic rings. The van der Waals surface area contributed by atoms with Gasteiger partial charge in [0.2, 0.25) is 0 Å². The highest BCUT2D eigenvalue weighted by Gasteiger charge is 2.39. The highest BCUT2D eigenvalue weighted by atomic mass is 32.1. The molecule has 2 aliphatic heterocycles. The monoisotopic (exact) mass is 208 g/mol. The van der Waals surface area contributed by atoms with Crippen LogP contribution in [0.15, 0.2) is 4.99 Å². The maximum atomic E-state index is 5.74. The summed E-state index contributed by atoms with van der Waals surface area (Å²) in [7, 11) is 0. The van der Waals surface area contributed by atoms with E-state index in [1.807, 2.05) is 6.21 Å². The Labute approximate surface area is 86.3 Å². The maximum Gasteiger partial charge on any atom is 0.180 e. The number of nitrogens with two attached hydrogens (primary N) is 1. The van der Waals surface area contributed by atoms with Gasteiger partial charge in [0.15, 0.2) is 5.13 Å². The van der Waals surface area contributed by atoms with E-state index in [0.29, 0.717) is 11.2 Å². The van der Waals surface area contributed by atoms with E-state index in [0.717, 1.165) is 18.7 Å². The van der Waals surface area contributed by atoms with Gasteiger partial charge in [-0.3, -0.25) is 10.3 Å². The number of nitrogens with one attached hydrogen (secondary N) is 1. The standard InChI is InChI=1S/C9H12N4S/c1-9-4-11-3-5(13-9)2-6-7(9)14-8(10)12-6/h4-5,13H,2-3H2,1H3,(H2,10,12). The van der Waals surface area contributed by atoms with E-state index < -0.39 is 0 Å². The number of rotatable bonds is 0. The number of thiazole rings is 1. The second-order valence-corrected chi connectivity index (χ2v) is 5.10. The van der Waals surface area contributed by atoms with Gasteiger partial charge < -0.3 is 5.73 Å². The van der Waals surface area contributed by atoms with Crippen LogP contribution in [-0.4, -0.2) is 23.8 Å². The molecule has 5 heteroatoms. The lowest BCUT2D eigenvalue weighted by Crippen LogP contribution is -2.55. The molecule has 3 N–H and O–H groups in total. The van der Waals surface area contributed by atoms with E-state index in [1.165, 1.54) is 4.88 Å². The Kier molecular flexibility index (Phi) is 1.52. The van der Waals surface area contributed by atoms with Crippen molar-refractivity contribution in [2.24, 2.45) is 4.99 Å². The molecule has 1 aromatic heterocycles. The van der Waals surface area contributed by atoms with Gasteiger partial charge in [-0.2, -0.15) is 0 Å². The molecule has 0 saturated heterocycles. The Bertz CT molecular complexity index is 411. The van der Waals surface area contributed by atoms with Crippen molar-refractivity contribution in [1.29, 1.82) is 0 Å². The van der Waals surface area contributed by atoms with Gasteiger partial charge in [-0.15, -0.1) is 0 Å². The van der Waals surface area contributed by atoms with Crippen molar-refractivity contribution in [3.8, 4) is 0 Å². The van der Waals surface area contributed by atoms with Crippen molar-refractivity contribution in [2.45, 2.75) is 24.9 Å². The van der Waals surface area contributed by atoms with Crippen LogP contribution in [0.25, 0.3) is 0 Å². The fourth-order valence-corrected chi connectivity index (χ4v) is 3.19. The molecule has 3 heterocycles. The first-order valence-electron chi connectivity index (χ1n) is 4.72. The van der Waals surface area contributed by atoms with Crippen LogP contribution < -0.4 is 11.1 Å². The smallest absolute Gasteiger partial charge is 0.180 e. The minimum Gasteiger partial charge on any atom is -0.375 e. The van der Waals surface area contributed by atoms with Crippen LogP contribution in [-0.2, 0) is 12.0 Å². The number of anilines is 1. The fourth-order valence-electron chi connectivity index (χ4n) is 2.26. The van der Waals surface area contributed by atoms with Crippen molar-refractivity contribution in [3.05, 3.63) is 10.6 Å². The van der Waals surface area contributed by atoms with Crippen molar-refractivity contribution in [1.82, 2.24) is 10.3 Å². The number of hydrogen-bond acceptors (Lipinski definition) is 5. The number of nitrogen functional groups attached to an aromatic ring is 1. The summed E-state index contributed by atoms with van der Waals surface area (Å²) in [5.74, 6) is 0. The summed E-state index contributed by atoms with van der Waals surface area (Å²) in [4.78, 5) is 10.00. The minimum absolute atomic E-state index is 0.133. The predicted molar refractivity (Wildman–Crippen MR) is 57.9 cm³/mol. The number of hydrogen-bond donors (Lipinski definition) is 2. The van der Waals surface area contributed by atoms with E-state index in [-0.39, 0.29) is 5.54 Å². The van der Waals surface area contributed by atoms with E-state index >= 15 is 0 Å². The molecular formula is C9H12N4S. The minimum atomic E-state index is -0.133. The molecular weight excluding hydrogens is 196 g/mol. The lowest BCUT2D eigenvalue weighted by atomic mass is 9.89. The third-order valence-corrected chi connectivity index (χ3v) is 3.97. The van der Waals surface area contributed by atoms with Gasteiger partial charge in [-0.1, -0.05) is 11.3 Å². The molecule has 3 rings (SSSR count). The van der Waals surface area contributed by atoms with Crippen LogP contribution in [0.5, 0.6) is 0 Å². The second kappa shape index (κ2) is 2.55. The molecule has 14 heavy (non-hydrogen) atoms. The Morgan fingerprint density at radius 2 is 2.57 bits per heavy atom. The molecule has 2 bridgehead atoms. The molecule has 0 fully saturated rings. The first-order chi connectivity index (χ1) is 6.67. The van der Waals surface area contributed by atoms with E-state index in [4.69, 9.17) is 5.73 Å². The van der Waals surface area contributed by atoms with Gasteiger partial charge in [0.1, 0.15) is 0 Å². The first kappa shape index (κ1) is 8.38. The number of nitrogens with zero attached hydrogens (tertiary/aromatic N) is 2. The highest BCUT2D eigenvalue weighted by Crippen LogP contribution is 2.36. The molecule has 2 unspecified atom stereocenters. The quantitative estimate of drug-likeness (QED) is 0.654.